The Balaban J connectivity index is 2.11. The first-order valence-corrected chi connectivity index (χ1v) is 9.62. The summed E-state index contributed by atoms with van der Waals surface area (Å²) >= 11 is -1.56. The molecule has 1 unspecified atom stereocenters. The second kappa shape index (κ2) is 6.38. The molecule has 2 aliphatic rings. The Morgan fingerprint density at radius 2 is 1.77 bits per heavy atom. The second-order valence-corrected chi connectivity index (χ2v) is 11.0. The molecule has 2 heterocycles. The summed E-state index contributed by atoms with van der Waals surface area (Å²) in [6, 6.07) is -1.06. The average molecular weight is 389 g/mol. The van der Waals surface area contributed by atoms with Crippen molar-refractivity contribution in [2.45, 2.75) is 70.2 Å². The van der Waals surface area contributed by atoms with E-state index in [1.165, 1.54) is 18.7 Å². The molecule has 26 heavy (non-hydrogen) atoms. The predicted octanol–water partition coefficient (Wildman–Crippen LogP) is 0.541. The fraction of sp³-hybridized carbons (Fsp3) is 0.824. The first-order chi connectivity index (χ1) is 11.6. The van der Waals surface area contributed by atoms with E-state index in [1.54, 1.807) is 34.6 Å². The summed E-state index contributed by atoms with van der Waals surface area (Å²) in [7, 11) is 0. The fourth-order valence-electron chi connectivity index (χ4n) is 3.23. The monoisotopic (exact) mass is 389 g/mol. The maximum absolute atomic E-state index is 12.8. The maximum Gasteiger partial charge on any atom is 0.337 e. The van der Waals surface area contributed by atoms with Gasteiger partial charge in [0.05, 0.1) is 11.0 Å². The van der Waals surface area contributed by atoms with Gasteiger partial charge < -0.3 is 19.1 Å². The summed E-state index contributed by atoms with van der Waals surface area (Å²) in [6.45, 7) is 10.6. The zero-order valence-electron chi connectivity index (χ0n) is 16.2. The molecular weight excluding hydrogens is 362 g/mol. The van der Waals surface area contributed by atoms with Crippen LogP contribution < -0.4 is 0 Å². The van der Waals surface area contributed by atoms with Crippen LogP contribution in [0, 0.1) is 11.3 Å². The SMILES string of the molecule is CC(C)(C)C(=O)OCOC(=O)[C@@H]1N2C(=O)[C@@H](C(C)(C)O)[C@H]2[S+]([O-])C1(C)C. The normalized spacial score (nSPS) is 30.5. The lowest BCUT2D eigenvalue weighted by molar-refractivity contribution is -0.186. The number of hydrogen-bond donors (Lipinski definition) is 1. The quantitative estimate of drug-likeness (QED) is 0.323. The van der Waals surface area contributed by atoms with Gasteiger partial charge in [0.2, 0.25) is 18.1 Å². The molecule has 0 aromatic rings. The third kappa shape index (κ3) is 3.32. The first kappa shape index (κ1) is 21.0. The van der Waals surface area contributed by atoms with Crippen LogP contribution >= 0.6 is 0 Å². The van der Waals surface area contributed by atoms with E-state index in [0.29, 0.717) is 0 Å². The van der Waals surface area contributed by atoms with Crippen molar-refractivity contribution in [2.75, 3.05) is 6.79 Å². The van der Waals surface area contributed by atoms with Crippen molar-refractivity contribution in [1.29, 1.82) is 0 Å². The van der Waals surface area contributed by atoms with Crippen molar-refractivity contribution < 1.29 is 33.5 Å². The molecule has 0 spiro atoms. The number of aliphatic hydroxyl groups is 1. The molecule has 0 aromatic carbocycles. The molecule has 2 rings (SSSR count). The van der Waals surface area contributed by atoms with Crippen LogP contribution in [-0.4, -0.2) is 61.0 Å². The van der Waals surface area contributed by atoms with E-state index >= 15 is 0 Å². The van der Waals surface area contributed by atoms with Gasteiger partial charge in [-0.1, -0.05) is 0 Å². The number of rotatable bonds is 4. The lowest BCUT2D eigenvalue weighted by Crippen LogP contribution is -2.68. The van der Waals surface area contributed by atoms with Crippen LogP contribution in [0.4, 0.5) is 0 Å². The van der Waals surface area contributed by atoms with Gasteiger partial charge in [-0.15, -0.1) is 0 Å². The molecule has 2 aliphatic heterocycles. The molecule has 0 bridgehead atoms. The summed E-state index contributed by atoms with van der Waals surface area (Å²) in [6.07, 6.45) is 0. The van der Waals surface area contributed by atoms with Crippen molar-refractivity contribution in [3.05, 3.63) is 0 Å². The highest BCUT2D eigenvalue weighted by Crippen LogP contribution is 2.51. The van der Waals surface area contributed by atoms with Crippen molar-refractivity contribution >= 4 is 29.0 Å². The van der Waals surface area contributed by atoms with Gasteiger partial charge in [0.25, 0.3) is 0 Å². The Hall–Kier alpha value is -1.32. The van der Waals surface area contributed by atoms with Gasteiger partial charge in [0.15, 0.2) is 10.8 Å². The molecule has 2 saturated heterocycles. The van der Waals surface area contributed by atoms with E-state index in [0.717, 1.165) is 0 Å². The van der Waals surface area contributed by atoms with E-state index in [1.807, 2.05) is 0 Å². The van der Waals surface area contributed by atoms with E-state index in [9.17, 15) is 24.0 Å². The number of hydrogen-bond acceptors (Lipinski definition) is 7. The Morgan fingerprint density at radius 3 is 2.23 bits per heavy atom. The highest BCUT2D eigenvalue weighted by atomic mass is 32.2. The third-order valence-corrected chi connectivity index (χ3v) is 6.94. The predicted molar refractivity (Wildman–Crippen MR) is 92.9 cm³/mol. The molecule has 4 atom stereocenters. The third-order valence-electron chi connectivity index (χ3n) is 4.74. The largest absolute Gasteiger partial charge is 0.614 e. The maximum atomic E-state index is 12.8. The lowest BCUT2D eigenvalue weighted by atomic mass is 9.81. The number of nitrogens with zero attached hydrogens (tertiary/aromatic N) is 1. The van der Waals surface area contributed by atoms with E-state index in [2.05, 4.69) is 0 Å². The molecule has 0 saturated carbocycles. The van der Waals surface area contributed by atoms with Gasteiger partial charge in [0, 0.05) is 0 Å². The smallest absolute Gasteiger partial charge is 0.337 e. The minimum atomic E-state index is -1.56. The number of ether oxygens (including phenoxy) is 2. The van der Waals surface area contributed by atoms with Gasteiger partial charge >= 0.3 is 11.9 Å². The first-order valence-electron chi connectivity index (χ1n) is 8.41. The summed E-state index contributed by atoms with van der Waals surface area (Å²) < 4.78 is 21.7. The van der Waals surface area contributed by atoms with Crippen LogP contribution in [0.1, 0.15) is 48.5 Å². The number of carbonyl (C=O) groups is 3. The van der Waals surface area contributed by atoms with Gasteiger partial charge in [-0.2, -0.15) is 0 Å². The van der Waals surface area contributed by atoms with E-state index in [-0.39, 0.29) is 0 Å². The molecule has 1 amide bonds. The van der Waals surface area contributed by atoms with E-state index in [4.69, 9.17) is 9.47 Å². The van der Waals surface area contributed by atoms with Crippen LogP contribution in [0.5, 0.6) is 0 Å². The lowest BCUT2D eigenvalue weighted by Gasteiger charge is -2.46. The number of carbonyl (C=O) groups excluding carboxylic acids is 3. The molecule has 9 heteroatoms. The van der Waals surface area contributed by atoms with Crippen LogP contribution in [0.25, 0.3) is 0 Å². The topological polar surface area (TPSA) is 116 Å². The Morgan fingerprint density at radius 1 is 1.23 bits per heavy atom. The summed E-state index contributed by atoms with van der Waals surface area (Å²) in [5, 5.41) is 9.45. The van der Waals surface area contributed by atoms with Crippen LogP contribution in [0.15, 0.2) is 0 Å². The Kier molecular flexibility index (Phi) is 5.15. The van der Waals surface area contributed by atoms with Crippen LogP contribution in [0.2, 0.25) is 0 Å². The molecule has 1 N–H and O–H groups in total. The van der Waals surface area contributed by atoms with Crippen molar-refractivity contribution in [1.82, 2.24) is 4.90 Å². The van der Waals surface area contributed by atoms with Gasteiger partial charge in [-0.3, -0.25) is 14.5 Å². The summed E-state index contributed by atoms with van der Waals surface area (Å²) in [5.41, 5.74) is -2.08. The number of fused-ring (bicyclic) bond motifs is 1. The summed E-state index contributed by atoms with van der Waals surface area (Å²) in [5.74, 6) is -2.58. The van der Waals surface area contributed by atoms with Gasteiger partial charge in [-0.25, -0.2) is 4.79 Å². The average Bonchev–Trinajstić information content (AvgIpc) is 2.62. The molecular formula is C17H27NO7S. The Bertz CT molecular complexity index is 620. The highest BCUT2D eigenvalue weighted by molar-refractivity contribution is 7.93. The van der Waals surface area contributed by atoms with Crippen molar-refractivity contribution in [3.8, 4) is 0 Å². The van der Waals surface area contributed by atoms with Crippen molar-refractivity contribution in [3.63, 3.8) is 0 Å². The molecule has 148 valence electrons. The van der Waals surface area contributed by atoms with Gasteiger partial charge in [-0.05, 0) is 59.6 Å². The number of amides is 1. The molecule has 2 fully saturated rings. The zero-order chi connectivity index (χ0) is 20.2. The Labute approximate surface area is 156 Å². The minimum Gasteiger partial charge on any atom is -0.614 e. The van der Waals surface area contributed by atoms with Crippen LogP contribution in [0.3, 0.4) is 0 Å². The molecule has 0 aromatic heterocycles. The van der Waals surface area contributed by atoms with Crippen LogP contribution in [-0.2, 0) is 35.0 Å². The second-order valence-electron chi connectivity index (χ2n) is 8.83. The fourth-order valence-corrected chi connectivity index (χ4v) is 5.41. The van der Waals surface area contributed by atoms with E-state index < -0.39 is 68.9 Å². The van der Waals surface area contributed by atoms with Gasteiger partial charge in [0.1, 0.15) is 5.92 Å². The molecule has 0 radical (unpaired) electrons. The highest BCUT2D eigenvalue weighted by Gasteiger charge is 2.74. The molecule has 0 aliphatic carbocycles. The summed E-state index contributed by atoms with van der Waals surface area (Å²) in [4.78, 5) is 38.0. The molecule has 8 nitrogen and oxygen atoms in total. The minimum absolute atomic E-state index is 0.435. The standard InChI is InChI=1S/C17H27NO7S/c1-15(2,3)14(21)25-8-24-13(20)10-17(6,7)26(23)12-9(16(4,5)22)11(19)18(10)12/h9-10,12,22H,8H2,1-7H3/t9-,10+,12-,26?/m1/s1. The van der Waals surface area contributed by atoms with Crippen molar-refractivity contribution in [2.24, 2.45) is 11.3 Å². The zero-order valence-corrected chi connectivity index (χ0v) is 17.0. The number of esters is 2. The number of β-lactam (4-membered cyclic amide) rings is 1.